The summed E-state index contributed by atoms with van der Waals surface area (Å²) in [5.41, 5.74) is 0.981. The number of rotatable bonds is 9. The number of benzene rings is 1. The highest BCUT2D eigenvalue weighted by Gasteiger charge is 2.26. The maximum absolute atomic E-state index is 12.6. The number of carbonyl (C=O) groups is 1. The summed E-state index contributed by atoms with van der Waals surface area (Å²) in [4.78, 5) is 12.7. The monoisotopic (exact) mass is 386 g/mol. The van der Waals surface area contributed by atoms with Crippen LogP contribution < -0.4 is 10.0 Å². The summed E-state index contributed by atoms with van der Waals surface area (Å²) in [6, 6.07) is 5.81. The Bertz CT molecular complexity index is 656. The fraction of sp³-hybridized carbons (Fsp3) is 0.588. The molecule has 0 aliphatic carbocycles. The lowest BCUT2D eigenvalue weighted by Crippen LogP contribution is -2.48. The summed E-state index contributed by atoms with van der Waals surface area (Å²) in [6.07, 6.45) is 3.30. The number of hydrogen-bond donors (Lipinski definition) is 2. The zero-order valence-electron chi connectivity index (χ0n) is 14.7. The van der Waals surface area contributed by atoms with Crippen molar-refractivity contribution in [2.75, 3.05) is 31.8 Å². The summed E-state index contributed by atoms with van der Waals surface area (Å²) >= 11 is 1.58. The molecule has 1 aromatic rings. The first-order valence-electron chi connectivity index (χ1n) is 8.36. The highest BCUT2D eigenvalue weighted by molar-refractivity contribution is 7.98. The molecule has 1 aliphatic rings. The summed E-state index contributed by atoms with van der Waals surface area (Å²) in [5, 5.41) is 2.86. The van der Waals surface area contributed by atoms with Crippen LogP contribution in [0.2, 0.25) is 0 Å². The van der Waals surface area contributed by atoms with Gasteiger partial charge in [-0.25, -0.2) is 8.42 Å². The smallest absolute Gasteiger partial charge is 0.241 e. The molecule has 1 saturated heterocycles. The van der Waals surface area contributed by atoms with Crippen molar-refractivity contribution in [3.63, 3.8) is 0 Å². The summed E-state index contributed by atoms with van der Waals surface area (Å²) in [6.45, 7) is 3.77. The minimum atomic E-state index is -3.73. The van der Waals surface area contributed by atoms with Crippen LogP contribution in [0.1, 0.15) is 18.4 Å². The van der Waals surface area contributed by atoms with E-state index in [0.29, 0.717) is 31.2 Å². The third-order valence-electron chi connectivity index (χ3n) is 4.14. The van der Waals surface area contributed by atoms with Gasteiger partial charge in [0, 0.05) is 19.1 Å². The van der Waals surface area contributed by atoms with Gasteiger partial charge in [-0.1, -0.05) is 17.7 Å². The Labute approximate surface area is 154 Å². The van der Waals surface area contributed by atoms with Crippen LogP contribution in [0.5, 0.6) is 0 Å². The van der Waals surface area contributed by atoms with Gasteiger partial charge in [0.1, 0.15) is 6.04 Å². The maximum Gasteiger partial charge on any atom is 0.241 e. The van der Waals surface area contributed by atoms with Crippen LogP contribution in [0.4, 0.5) is 0 Å². The molecule has 25 heavy (non-hydrogen) atoms. The predicted octanol–water partition coefficient (Wildman–Crippen LogP) is 1.55. The lowest BCUT2D eigenvalue weighted by atomic mass is 10.1. The first-order chi connectivity index (χ1) is 11.9. The van der Waals surface area contributed by atoms with Gasteiger partial charge in [0.25, 0.3) is 0 Å². The summed E-state index contributed by atoms with van der Waals surface area (Å²) in [7, 11) is -3.73. The first-order valence-corrected chi connectivity index (χ1v) is 11.2. The molecule has 0 aromatic heterocycles. The normalized spacial score (nSPS) is 18.9. The lowest BCUT2D eigenvalue weighted by molar-refractivity contribution is -0.122. The SMILES string of the molecule is CSCCC(NS(=O)(=O)c1ccc(C)cc1)C(=O)NCC1CCOC1. The first kappa shape index (κ1) is 20.2. The molecule has 0 saturated carbocycles. The van der Waals surface area contributed by atoms with E-state index in [1.54, 1.807) is 36.0 Å². The largest absolute Gasteiger partial charge is 0.381 e. The van der Waals surface area contributed by atoms with Crippen LogP contribution in [-0.4, -0.2) is 52.1 Å². The van der Waals surface area contributed by atoms with E-state index in [2.05, 4.69) is 10.0 Å². The van der Waals surface area contributed by atoms with Crippen LogP contribution in [0.25, 0.3) is 0 Å². The van der Waals surface area contributed by atoms with Crippen molar-refractivity contribution in [1.29, 1.82) is 0 Å². The van der Waals surface area contributed by atoms with Crippen LogP contribution in [0, 0.1) is 12.8 Å². The third kappa shape index (κ3) is 6.29. The number of nitrogens with one attached hydrogen (secondary N) is 2. The second-order valence-corrected chi connectivity index (χ2v) is 8.94. The van der Waals surface area contributed by atoms with Crippen LogP contribution >= 0.6 is 11.8 Å². The molecular formula is C17H26N2O4S2. The highest BCUT2D eigenvalue weighted by Crippen LogP contribution is 2.13. The standard InChI is InChI=1S/C17H26N2O4S2/c1-13-3-5-15(6-4-13)25(21,22)19-16(8-10-24-2)17(20)18-11-14-7-9-23-12-14/h3-6,14,16,19H,7-12H2,1-2H3,(H,18,20). The molecule has 1 heterocycles. The number of hydrogen-bond acceptors (Lipinski definition) is 5. The van der Waals surface area contributed by atoms with Gasteiger partial charge in [0.2, 0.25) is 15.9 Å². The van der Waals surface area contributed by atoms with Gasteiger partial charge in [-0.2, -0.15) is 16.5 Å². The van der Waals surface area contributed by atoms with Crippen molar-refractivity contribution in [3.8, 4) is 0 Å². The molecule has 2 rings (SSSR count). The molecule has 2 unspecified atom stereocenters. The van der Waals surface area contributed by atoms with Gasteiger partial charge in [0.05, 0.1) is 11.5 Å². The quantitative estimate of drug-likeness (QED) is 0.673. The molecule has 2 N–H and O–H groups in total. The van der Waals surface area contributed by atoms with E-state index in [4.69, 9.17) is 4.74 Å². The van der Waals surface area contributed by atoms with E-state index >= 15 is 0 Å². The third-order valence-corrected chi connectivity index (χ3v) is 6.28. The zero-order valence-corrected chi connectivity index (χ0v) is 16.3. The maximum atomic E-state index is 12.6. The molecule has 1 aliphatic heterocycles. The highest BCUT2D eigenvalue weighted by atomic mass is 32.2. The van der Waals surface area contributed by atoms with Gasteiger partial charge >= 0.3 is 0 Å². The van der Waals surface area contributed by atoms with E-state index in [1.165, 1.54) is 0 Å². The van der Waals surface area contributed by atoms with E-state index in [1.807, 2.05) is 13.2 Å². The Morgan fingerprint density at radius 3 is 2.68 bits per heavy atom. The minimum absolute atomic E-state index is 0.171. The van der Waals surface area contributed by atoms with Gasteiger partial charge in [-0.3, -0.25) is 4.79 Å². The number of aryl methyl sites for hydroxylation is 1. The van der Waals surface area contributed by atoms with Crippen molar-refractivity contribution in [2.24, 2.45) is 5.92 Å². The van der Waals surface area contributed by atoms with Crippen LogP contribution in [-0.2, 0) is 19.6 Å². The number of thioether (sulfide) groups is 1. The second-order valence-electron chi connectivity index (χ2n) is 6.24. The van der Waals surface area contributed by atoms with E-state index in [9.17, 15) is 13.2 Å². The van der Waals surface area contributed by atoms with Crippen LogP contribution in [0.15, 0.2) is 29.2 Å². The Kier molecular flexibility index (Phi) is 7.74. The average molecular weight is 387 g/mol. The zero-order chi connectivity index (χ0) is 18.3. The molecule has 0 radical (unpaired) electrons. The average Bonchev–Trinajstić information content (AvgIpc) is 3.10. The Balaban J connectivity index is 2.02. The van der Waals surface area contributed by atoms with Gasteiger partial charge in [0.15, 0.2) is 0 Å². The Morgan fingerprint density at radius 1 is 1.36 bits per heavy atom. The molecule has 0 spiro atoms. The number of sulfonamides is 1. The van der Waals surface area contributed by atoms with Crippen molar-refractivity contribution < 1.29 is 17.9 Å². The van der Waals surface area contributed by atoms with E-state index < -0.39 is 16.1 Å². The number of amides is 1. The van der Waals surface area contributed by atoms with Crippen molar-refractivity contribution in [3.05, 3.63) is 29.8 Å². The molecule has 2 atom stereocenters. The van der Waals surface area contributed by atoms with Gasteiger partial charge < -0.3 is 10.1 Å². The Hall–Kier alpha value is -1.09. The number of ether oxygens (including phenoxy) is 1. The van der Waals surface area contributed by atoms with Gasteiger partial charge in [-0.15, -0.1) is 0 Å². The second kappa shape index (κ2) is 9.56. The predicted molar refractivity (Wildman–Crippen MR) is 100 cm³/mol. The van der Waals surface area contributed by atoms with Gasteiger partial charge in [-0.05, 0) is 43.9 Å². The molecule has 1 amide bonds. The summed E-state index contributed by atoms with van der Waals surface area (Å²) in [5.74, 6) is 0.719. The fourth-order valence-electron chi connectivity index (χ4n) is 2.56. The summed E-state index contributed by atoms with van der Waals surface area (Å²) < 4.78 is 33.0. The molecule has 1 aromatic carbocycles. The topological polar surface area (TPSA) is 84.5 Å². The molecule has 6 nitrogen and oxygen atoms in total. The molecule has 8 heteroatoms. The van der Waals surface area contributed by atoms with E-state index in [-0.39, 0.29) is 10.8 Å². The number of carbonyl (C=O) groups excluding carboxylic acids is 1. The lowest BCUT2D eigenvalue weighted by Gasteiger charge is -2.19. The fourth-order valence-corrected chi connectivity index (χ4v) is 4.27. The molecule has 140 valence electrons. The van der Waals surface area contributed by atoms with Crippen molar-refractivity contribution in [2.45, 2.75) is 30.7 Å². The molecule has 0 bridgehead atoms. The van der Waals surface area contributed by atoms with Crippen LogP contribution in [0.3, 0.4) is 0 Å². The molecular weight excluding hydrogens is 360 g/mol. The van der Waals surface area contributed by atoms with Crippen molar-refractivity contribution >= 4 is 27.7 Å². The van der Waals surface area contributed by atoms with Crippen molar-refractivity contribution in [1.82, 2.24) is 10.0 Å². The van der Waals surface area contributed by atoms with E-state index in [0.717, 1.165) is 18.6 Å². The minimum Gasteiger partial charge on any atom is -0.381 e. The molecule has 1 fully saturated rings. The Morgan fingerprint density at radius 2 is 2.08 bits per heavy atom.